The van der Waals surface area contributed by atoms with Crippen molar-refractivity contribution in [3.63, 3.8) is 0 Å². The molecular weight excluding hydrogens is 342 g/mol. The van der Waals surface area contributed by atoms with Gasteiger partial charge in [-0.25, -0.2) is 0 Å². The summed E-state index contributed by atoms with van der Waals surface area (Å²) in [5.74, 6) is 0.473. The largest absolute Gasteiger partial charge is 0.285 e. The number of rotatable bonds is 4. The van der Waals surface area contributed by atoms with Crippen LogP contribution in [-0.4, -0.2) is 27.9 Å². The quantitative estimate of drug-likeness (QED) is 0.515. The fourth-order valence-corrected chi connectivity index (χ4v) is 3.75. The van der Waals surface area contributed by atoms with E-state index in [4.69, 9.17) is 0 Å². The minimum atomic E-state index is 0.0663. The van der Waals surface area contributed by atoms with Crippen LogP contribution in [0.1, 0.15) is 11.1 Å². The molecule has 1 aliphatic rings. The summed E-state index contributed by atoms with van der Waals surface area (Å²) in [5, 5.41) is 11.4. The lowest BCUT2D eigenvalue weighted by Crippen LogP contribution is -2.28. The van der Waals surface area contributed by atoms with Gasteiger partial charge in [-0.1, -0.05) is 84.6 Å². The van der Waals surface area contributed by atoms with Crippen molar-refractivity contribution in [1.29, 1.82) is 0 Å². The lowest BCUT2D eigenvalue weighted by Gasteiger charge is -2.16. The smallest absolute Gasteiger partial charge is 0.239 e. The van der Waals surface area contributed by atoms with Crippen LogP contribution >= 0.6 is 11.8 Å². The van der Waals surface area contributed by atoms with E-state index in [2.05, 4.69) is 34.5 Å². The predicted octanol–water partition coefficient (Wildman–Crippen LogP) is 4.31. The van der Waals surface area contributed by atoms with Crippen molar-refractivity contribution in [2.75, 3.05) is 5.75 Å². The first-order chi connectivity index (χ1) is 12.8. The van der Waals surface area contributed by atoms with Gasteiger partial charge in [-0.2, -0.15) is 5.10 Å². The van der Waals surface area contributed by atoms with Crippen LogP contribution in [0.2, 0.25) is 0 Å². The molecule has 0 aliphatic carbocycles. The molecule has 3 aromatic rings. The first-order valence-corrected chi connectivity index (χ1v) is 9.36. The number of carbonyl (C=O) groups is 1. The highest BCUT2D eigenvalue weighted by molar-refractivity contribution is 8.15. The number of amides is 1. The molecule has 0 bridgehead atoms. The average molecular weight is 359 g/mol. The van der Waals surface area contributed by atoms with Crippen molar-refractivity contribution in [2.24, 2.45) is 10.2 Å². The van der Waals surface area contributed by atoms with Gasteiger partial charge >= 0.3 is 0 Å². The number of hydrogen-bond donors (Lipinski definition) is 0. The SMILES string of the molecule is O=C1CSC(=NN=Cc2ccccc2)N1Cc1cccc2ccccc12. The summed E-state index contributed by atoms with van der Waals surface area (Å²) in [5.41, 5.74) is 2.09. The van der Waals surface area contributed by atoms with E-state index in [9.17, 15) is 4.79 Å². The molecule has 0 spiro atoms. The lowest BCUT2D eigenvalue weighted by atomic mass is 10.0. The van der Waals surface area contributed by atoms with E-state index in [1.807, 2.05) is 48.5 Å². The Kier molecular flexibility index (Phi) is 4.80. The number of carbonyl (C=O) groups excluding carboxylic acids is 1. The molecule has 4 rings (SSSR count). The van der Waals surface area contributed by atoms with E-state index in [-0.39, 0.29) is 5.91 Å². The van der Waals surface area contributed by atoms with E-state index in [1.165, 1.54) is 17.1 Å². The van der Waals surface area contributed by atoms with E-state index in [1.54, 1.807) is 11.1 Å². The highest BCUT2D eigenvalue weighted by atomic mass is 32.2. The summed E-state index contributed by atoms with van der Waals surface area (Å²) in [7, 11) is 0. The normalized spacial score (nSPS) is 16.2. The molecule has 0 atom stereocenters. The first-order valence-electron chi connectivity index (χ1n) is 8.37. The lowest BCUT2D eigenvalue weighted by molar-refractivity contribution is -0.124. The minimum Gasteiger partial charge on any atom is -0.285 e. The van der Waals surface area contributed by atoms with Crippen molar-refractivity contribution in [3.8, 4) is 0 Å². The number of amidine groups is 1. The van der Waals surface area contributed by atoms with Crippen LogP contribution in [0, 0.1) is 0 Å². The van der Waals surface area contributed by atoms with Gasteiger partial charge in [0.2, 0.25) is 5.91 Å². The monoisotopic (exact) mass is 359 g/mol. The number of fused-ring (bicyclic) bond motifs is 1. The Balaban J connectivity index is 1.58. The van der Waals surface area contributed by atoms with Crippen LogP contribution in [-0.2, 0) is 11.3 Å². The van der Waals surface area contributed by atoms with E-state index in [0.717, 1.165) is 16.5 Å². The minimum absolute atomic E-state index is 0.0663. The molecule has 0 saturated carbocycles. The number of benzene rings is 3. The topological polar surface area (TPSA) is 45.0 Å². The van der Waals surface area contributed by atoms with Crippen LogP contribution in [0.4, 0.5) is 0 Å². The zero-order chi connectivity index (χ0) is 17.8. The summed E-state index contributed by atoms with van der Waals surface area (Å²) in [6.45, 7) is 0.507. The maximum Gasteiger partial charge on any atom is 0.239 e. The third-order valence-corrected chi connectivity index (χ3v) is 5.17. The number of hydrogen-bond acceptors (Lipinski definition) is 4. The molecule has 26 heavy (non-hydrogen) atoms. The van der Waals surface area contributed by atoms with Gasteiger partial charge in [0.1, 0.15) is 0 Å². The predicted molar refractivity (Wildman–Crippen MR) is 108 cm³/mol. The zero-order valence-corrected chi connectivity index (χ0v) is 14.9. The van der Waals surface area contributed by atoms with Crippen LogP contribution in [0.5, 0.6) is 0 Å². The van der Waals surface area contributed by atoms with Crippen LogP contribution in [0.3, 0.4) is 0 Å². The van der Waals surface area contributed by atoms with Gasteiger partial charge in [-0.3, -0.25) is 9.69 Å². The molecule has 1 saturated heterocycles. The van der Waals surface area contributed by atoms with E-state index < -0.39 is 0 Å². The molecule has 4 nitrogen and oxygen atoms in total. The molecule has 0 radical (unpaired) electrons. The molecule has 1 aliphatic heterocycles. The van der Waals surface area contributed by atoms with Gasteiger partial charge in [-0.05, 0) is 21.9 Å². The van der Waals surface area contributed by atoms with Crippen LogP contribution in [0.25, 0.3) is 10.8 Å². The van der Waals surface area contributed by atoms with E-state index in [0.29, 0.717) is 17.5 Å². The first kappa shape index (κ1) is 16.5. The van der Waals surface area contributed by atoms with Crippen LogP contribution < -0.4 is 0 Å². The van der Waals surface area contributed by atoms with Gasteiger partial charge in [0, 0.05) is 0 Å². The molecule has 0 aromatic heterocycles. The summed E-state index contributed by atoms with van der Waals surface area (Å²) in [4.78, 5) is 14.0. The standard InChI is InChI=1S/C21H17N3OS/c25-20-15-26-21(23-22-13-16-7-2-1-3-8-16)24(20)14-18-11-6-10-17-9-4-5-12-19(17)18/h1-13H,14-15H2. The molecular formula is C21H17N3OS. The Labute approximate surface area is 156 Å². The average Bonchev–Trinajstić information content (AvgIpc) is 3.03. The number of thioether (sulfide) groups is 1. The second-order valence-corrected chi connectivity index (χ2v) is 6.89. The maximum absolute atomic E-state index is 12.3. The Bertz CT molecular complexity index is 993. The zero-order valence-electron chi connectivity index (χ0n) is 14.1. The second-order valence-electron chi connectivity index (χ2n) is 5.94. The van der Waals surface area contributed by atoms with Crippen molar-refractivity contribution in [1.82, 2.24) is 4.90 Å². The molecule has 0 N–H and O–H groups in total. The summed E-state index contributed by atoms with van der Waals surface area (Å²) in [6, 6.07) is 24.2. The summed E-state index contributed by atoms with van der Waals surface area (Å²) < 4.78 is 0. The van der Waals surface area contributed by atoms with Crippen molar-refractivity contribution >= 4 is 39.8 Å². The molecule has 3 aromatic carbocycles. The Morgan fingerprint density at radius 2 is 1.73 bits per heavy atom. The fraction of sp³-hybridized carbons (Fsp3) is 0.0952. The fourth-order valence-electron chi connectivity index (χ4n) is 2.91. The maximum atomic E-state index is 12.3. The Morgan fingerprint density at radius 3 is 2.62 bits per heavy atom. The van der Waals surface area contributed by atoms with Crippen molar-refractivity contribution in [2.45, 2.75) is 6.54 Å². The third kappa shape index (κ3) is 3.53. The highest BCUT2D eigenvalue weighted by Crippen LogP contribution is 2.25. The van der Waals surface area contributed by atoms with Gasteiger partial charge < -0.3 is 0 Å². The molecule has 1 amide bonds. The van der Waals surface area contributed by atoms with E-state index >= 15 is 0 Å². The molecule has 5 heteroatoms. The van der Waals surface area contributed by atoms with Gasteiger partial charge in [0.25, 0.3) is 0 Å². The summed E-state index contributed by atoms with van der Waals surface area (Å²) in [6.07, 6.45) is 1.70. The Hall–Kier alpha value is -2.92. The number of nitrogens with zero attached hydrogens (tertiary/aromatic N) is 3. The molecule has 1 heterocycles. The molecule has 128 valence electrons. The third-order valence-electron chi connectivity index (χ3n) is 4.21. The van der Waals surface area contributed by atoms with Gasteiger partial charge in [0.05, 0.1) is 18.5 Å². The van der Waals surface area contributed by atoms with Crippen molar-refractivity contribution < 1.29 is 4.79 Å². The molecule has 1 fully saturated rings. The Morgan fingerprint density at radius 1 is 0.962 bits per heavy atom. The van der Waals surface area contributed by atoms with Crippen molar-refractivity contribution in [3.05, 3.63) is 83.9 Å². The van der Waals surface area contributed by atoms with Gasteiger partial charge in [-0.15, -0.1) is 5.10 Å². The molecule has 0 unspecified atom stereocenters. The van der Waals surface area contributed by atoms with Gasteiger partial charge in [0.15, 0.2) is 5.17 Å². The van der Waals surface area contributed by atoms with Crippen LogP contribution in [0.15, 0.2) is 83.0 Å². The highest BCUT2D eigenvalue weighted by Gasteiger charge is 2.28. The second kappa shape index (κ2) is 7.54. The summed E-state index contributed by atoms with van der Waals surface area (Å²) >= 11 is 1.43.